The molecule has 2 fully saturated rings. The molecule has 122 valence electrons. The van der Waals surface area contributed by atoms with Gasteiger partial charge >= 0.3 is 0 Å². The van der Waals surface area contributed by atoms with Crippen LogP contribution in [-0.2, 0) is 6.54 Å². The molecule has 0 N–H and O–H groups in total. The highest BCUT2D eigenvalue weighted by Crippen LogP contribution is 2.40. The molecule has 0 aromatic carbocycles. The van der Waals surface area contributed by atoms with E-state index in [1.54, 1.807) is 18.9 Å². The Balaban J connectivity index is 1.42. The number of hydrogen-bond acceptors (Lipinski definition) is 6. The summed E-state index contributed by atoms with van der Waals surface area (Å²) in [5.41, 5.74) is 0.978. The third kappa shape index (κ3) is 2.66. The van der Waals surface area contributed by atoms with Gasteiger partial charge in [-0.3, -0.25) is 4.57 Å². The third-order valence-corrected chi connectivity index (χ3v) is 4.58. The van der Waals surface area contributed by atoms with Crippen molar-refractivity contribution in [3.63, 3.8) is 0 Å². The summed E-state index contributed by atoms with van der Waals surface area (Å²) in [5, 5.41) is 4.25. The number of nitrogens with zero attached hydrogens (tertiary/aromatic N) is 6. The van der Waals surface area contributed by atoms with Gasteiger partial charge in [0.1, 0.15) is 35.7 Å². The summed E-state index contributed by atoms with van der Waals surface area (Å²) in [6, 6.07) is 4.63. The Hall–Kier alpha value is -2.70. The van der Waals surface area contributed by atoms with Gasteiger partial charge in [-0.05, 0) is 25.7 Å². The van der Waals surface area contributed by atoms with E-state index in [1.807, 2.05) is 16.8 Å². The lowest BCUT2D eigenvalue weighted by Gasteiger charge is -2.22. The number of rotatable bonds is 6. The molecule has 0 radical (unpaired) electrons. The first-order valence-corrected chi connectivity index (χ1v) is 8.39. The molecule has 0 aliphatic heterocycles. The molecule has 3 heterocycles. The van der Waals surface area contributed by atoms with Gasteiger partial charge in [-0.15, -0.1) is 0 Å². The Labute approximate surface area is 139 Å². The maximum Gasteiger partial charge on any atom is 0.143 e. The first-order valence-electron chi connectivity index (χ1n) is 8.39. The minimum atomic E-state index is 0.525. The summed E-state index contributed by atoms with van der Waals surface area (Å²) in [4.78, 5) is 15.2. The molecule has 7 heteroatoms. The molecule has 2 aliphatic rings. The average molecular weight is 322 g/mol. The van der Waals surface area contributed by atoms with Crippen LogP contribution in [0.2, 0.25) is 0 Å². The van der Waals surface area contributed by atoms with Crippen molar-refractivity contribution in [2.24, 2.45) is 0 Å². The summed E-state index contributed by atoms with van der Waals surface area (Å²) < 4.78 is 7.37. The molecule has 0 bridgehead atoms. The predicted octanol–water partition coefficient (Wildman–Crippen LogP) is 2.70. The Bertz CT molecular complexity index is 834. The van der Waals surface area contributed by atoms with Crippen LogP contribution in [0.5, 0.6) is 0 Å². The van der Waals surface area contributed by atoms with E-state index in [0.29, 0.717) is 12.0 Å². The Morgan fingerprint density at radius 1 is 1.17 bits per heavy atom. The fraction of sp³-hybridized carbons (Fsp3) is 0.412. The molecule has 5 rings (SSSR count). The van der Waals surface area contributed by atoms with E-state index in [1.165, 1.54) is 25.7 Å². The highest BCUT2D eigenvalue weighted by molar-refractivity contribution is 5.46. The first kappa shape index (κ1) is 13.7. The second-order valence-electron chi connectivity index (χ2n) is 6.56. The summed E-state index contributed by atoms with van der Waals surface area (Å²) in [7, 11) is 0. The highest BCUT2D eigenvalue weighted by Gasteiger charge is 2.32. The maximum absolute atomic E-state index is 5.49. The monoisotopic (exact) mass is 322 g/mol. The van der Waals surface area contributed by atoms with Crippen molar-refractivity contribution >= 4 is 5.82 Å². The van der Waals surface area contributed by atoms with Crippen molar-refractivity contribution in [3.05, 3.63) is 48.6 Å². The van der Waals surface area contributed by atoms with E-state index in [9.17, 15) is 0 Å². The summed E-state index contributed by atoms with van der Waals surface area (Å²) >= 11 is 0. The van der Waals surface area contributed by atoms with Gasteiger partial charge in [-0.25, -0.2) is 15.0 Å². The molecule has 3 aromatic rings. The van der Waals surface area contributed by atoms with Gasteiger partial charge in [0.05, 0.1) is 6.54 Å². The van der Waals surface area contributed by atoms with Crippen LogP contribution >= 0.6 is 0 Å². The quantitative estimate of drug-likeness (QED) is 0.695. The lowest BCUT2D eigenvalue weighted by atomic mass is 10.2. The van der Waals surface area contributed by atoms with Crippen LogP contribution in [0.4, 0.5) is 5.82 Å². The maximum atomic E-state index is 5.49. The molecule has 24 heavy (non-hydrogen) atoms. The van der Waals surface area contributed by atoms with Crippen molar-refractivity contribution in [3.8, 4) is 5.82 Å². The lowest BCUT2D eigenvalue weighted by molar-refractivity contribution is 0.377. The molecule has 0 spiro atoms. The van der Waals surface area contributed by atoms with Crippen LogP contribution in [0.3, 0.4) is 0 Å². The van der Waals surface area contributed by atoms with E-state index >= 15 is 0 Å². The zero-order chi connectivity index (χ0) is 15.9. The first-order chi connectivity index (χ1) is 11.9. The summed E-state index contributed by atoms with van der Waals surface area (Å²) in [6.07, 6.45) is 11.8. The number of imidazole rings is 1. The molecule has 0 atom stereocenters. The summed E-state index contributed by atoms with van der Waals surface area (Å²) in [5.74, 6) is 3.37. The molecule has 0 unspecified atom stereocenters. The van der Waals surface area contributed by atoms with Gasteiger partial charge in [-0.1, -0.05) is 5.16 Å². The predicted molar refractivity (Wildman–Crippen MR) is 86.8 cm³/mol. The standard InChI is InChI=1S/C17H18N6O/c1-2-12(1)15-7-13(21-24-15)9-23(14-3-4-14)17-8-16(19-10-20-17)22-6-5-18-11-22/h5-8,10-12,14H,1-4,9H2. The number of hydrogen-bond donors (Lipinski definition) is 0. The molecule has 7 nitrogen and oxygen atoms in total. The van der Waals surface area contributed by atoms with Gasteiger partial charge in [0.2, 0.25) is 0 Å². The van der Waals surface area contributed by atoms with E-state index in [4.69, 9.17) is 4.52 Å². The third-order valence-electron chi connectivity index (χ3n) is 4.58. The van der Waals surface area contributed by atoms with Gasteiger partial charge in [0.15, 0.2) is 0 Å². The number of aromatic nitrogens is 5. The minimum absolute atomic E-state index is 0.525. The second-order valence-corrected chi connectivity index (χ2v) is 6.56. The van der Waals surface area contributed by atoms with E-state index in [0.717, 1.165) is 29.6 Å². The Kier molecular flexibility index (Phi) is 3.11. The molecule has 2 saturated carbocycles. The Morgan fingerprint density at radius 3 is 2.83 bits per heavy atom. The van der Waals surface area contributed by atoms with Crippen molar-refractivity contribution in [2.75, 3.05) is 4.90 Å². The van der Waals surface area contributed by atoms with E-state index in [2.05, 4.69) is 31.1 Å². The lowest BCUT2D eigenvalue weighted by Crippen LogP contribution is -2.26. The van der Waals surface area contributed by atoms with Crippen LogP contribution in [0.25, 0.3) is 5.82 Å². The van der Waals surface area contributed by atoms with Crippen molar-refractivity contribution in [1.82, 2.24) is 24.7 Å². The van der Waals surface area contributed by atoms with E-state index in [-0.39, 0.29) is 0 Å². The molecule has 0 saturated heterocycles. The minimum Gasteiger partial charge on any atom is -0.361 e. The van der Waals surface area contributed by atoms with Gasteiger partial charge in [0, 0.05) is 36.5 Å². The smallest absolute Gasteiger partial charge is 0.143 e. The van der Waals surface area contributed by atoms with Crippen LogP contribution in [0.15, 0.2) is 41.7 Å². The fourth-order valence-corrected chi connectivity index (χ4v) is 2.95. The molecule has 0 amide bonds. The summed E-state index contributed by atoms with van der Waals surface area (Å²) in [6.45, 7) is 0.723. The second kappa shape index (κ2) is 5.43. The van der Waals surface area contributed by atoms with Gasteiger partial charge in [-0.2, -0.15) is 0 Å². The molecular weight excluding hydrogens is 304 g/mol. The van der Waals surface area contributed by atoms with Crippen molar-refractivity contribution < 1.29 is 4.52 Å². The van der Waals surface area contributed by atoms with Crippen LogP contribution in [-0.4, -0.2) is 30.7 Å². The van der Waals surface area contributed by atoms with Gasteiger partial charge < -0.3 is 9.42 Å². The van der Waals surface area contributed by atoms with E-state index < -0.39 is 0 Å². The largest absolute Gasteiger partial charge is 0.361 e. The molecule has 2 aliphatic carbocycles. The molecule has 3 aromatic heterocycles. The topological polar surface area (TPSA) is 72.9 Å². The van der Waals surface area contributed by atoms with Crippen LogP contribution in [0, 0.1) is 0 Å². The van der Waals surface area contributed by atoms with Crippen LogP contribution in [0.1, 0.15) is 43.1 Å². The van der Waals surface area contributed by atoms with Crippen molar-refractivity contribution in [1.29, 1.82) is 0 Å². The van der Waals surface area contributed by atoms with Gasteiger partial charge in [0.25, 0.3) is 0 Å². The zero-order valence-electron chi connectivity index (χ0n) is 13.2. The zero-order valence-corrected chi connectivity index (χ0v) is 13.2. The van der Waals surface area contributed by atoms with Crippen LogP contribution < -0.4 is 4.90 Å². The number of anilines is 1. The average Bonchev–Trinajstić information content (AvgIpc) is 3.54. The highest BCUT2D eigenvalue weighted by atomic mass is 16.5. The SMILES string of the molecule is c1cn(-c2cc(N(Cc3cc(C4CC4)on3)C3CC3)ncn2)cn1. The Morgan fingerprint density at radius 2 is 2.08 bits per heavy atom. The molecular formula is C17H18N6O. The van der Waals surface area contributed by atoms with Crippen molar-refractivity contribution in [2.45, 2.75) is 44.2 Å². The fourth-order valence-electron chi connectivity index (χ4n) is 2.95. The normalized spacial score (nSPS) is 17.2.